The van der Waals surface area contributed by atoms with Crippen LogP contribution in [0.25, 0.3) is 0 Å². The number of aromatic nitrogens is 1. The van der Waals surface area contributed by atoms with Gasteiger partial charge in [-0.2, -0.15) is 4.31 Å². The number of nitrogens with zero attached hydrogens (tertiary/aromatic N) is 2. The molecule has 1 aromatic heterocycles. The lowest BCUT2D eigenvalue weighted by Gasteiger charge is -2.26. The molecule has 1 saturated carbocycles. The summed E-state index contributed by atoms with van der Waals surface area (Å²) in [6, 6.07) is 10.2. The quantitative estimate of drug-likeness (QED) is 0.828. The molecule has 6 nitrogen and oxygen atoms in total. The minimum atomic E-state index is -3.54. The normalized spacial score (nSPS) is 23.6. The van der Waals surface area contributed by atoms with E-state index in [9.17, 15) is 12.8 Å². The lowest BCUT2D eigenvalue weighted by Crippen LogP contribution is -2.40. The molecular weight excluding hydrogens is 381 g/mol. The van der Waals surface area contributed by atoms with Crippen molar-refractivity contribution in [1.29, 1.82) is 0 Å². The van der Waals surface area contributed by atoms with Crippen LogP contribution in [-0.2, 0) is 14.8 Å². The zero-order valence-electron chi connectivity index (χ0n) is 15.6. The van der Waals surface area contributed by atoms with E-state index in [2.05, 4.69) is 10.3 Å². The third-order valence-electron chi connectivity index (χ3n) is 5.49. The lowest BCUT2D eigenvalue weighted by atomic mass is 9.94. The van der Waals surface area contributed by atoms with Crippen LogP contribution in [0.2, 0.25) is 0 Å². The molecule has 0 radical (unpaired) electrons. The Morgan fingerprint density at radius 3 is 2.50 bits per heavy atom. The molecule has 0 amide bonds. The number of hydrogen-bond acceptors (Lipinski definition) is 5. The summed E-state index contributed by atoms with van der Waals surface area (Å²) < 4.78 is 45.2. The number of morpholine rings is 1. The van der Waals surface area contributed by atoms with Crippen molar-refractivity contribution in [3.05, 3.63) is 54.0 Å². The van der Waals surface area contributed by atoms with Crippen molar-refractivity contribution in [1.82, 2.24) is 9.29 Å². The van der Waals surface area contributed by atoms with Gasteiger partial charge in [0.05, 0.1) is 13.2 Å². The molecular formula is C20H24FN3O3S. The molecule has 2 aromatic rings. The molecule has 1 aliphatic carbocycles. The fraction of sp³-hybridized carbons (Fsp3) is 0.450. The number of ether oxygens (including phenoxy) is 1. The second kappa shape index (κ2) is 8.14. The fourth-order valence-corrected chi connectivity index (χ4v) is 5.34. The van der Waals surface area contributed by atoms with Gasteiger partial charge in [0.25, 0.3) is 0 Å². The highest BCUT2D eigenvalue weighted by atomic mass is 32.2. The largest absolute Gasteiger partial charge is 0.379 e. The molecule has 0 spiro atoms. The van der Waals surface area contributed by atoms with E-state index in [1.807, 2.05) is 12.1 Å². The van der Waals surface area contributed by atoms with Gasteiger partial charge in [-0.25, -0.2) is 17.8 Å². The Morgan fingerprint density at radius 1 is 1.07 bits per heavy atom. The lowest BCUT2D eigenvalue weighted by molar-refractivity contribution is 0.0730. The highest BCUT2D eigenvalue weighted by molar-refractivity contribution is 7.89. The first-order valence-electron chi connectivity index (χ1n) is 9.60. The van der Waals surface area contributed by atoms with Crippen LogP contribution in [0.5, 0.6) is 0 Å². The van der Waals surface area contributed by atoms with Crippen LogP contribution in [0.15, 0.2) is 47.5 Å². The zero-order chi connectivity index (χ0) is 19.6. The van der Waals surface area contributed by atoms with E-state index < -0.39 is 10.0 Å². The van der Waals surface area contributed by atoms with Crippen molar-refractivity contribution in [2.24, 2.45) is 0 Å². The van der Waals surface area contributed by atoms with Gasteiger partial charge >= 0.3 is 0 Å². The Kier molecular flexibility index (Phi) is 5.61. The van der Waals surface area contributed by atoms with E-state index in [0.29, 0.717) is 38.0 Å². The van der Waals surface area contributed by atoms with Gasteiger partial charge in [0, 0.05) is 31.2 Å². The Hall–Kier alpha value is -2.03. The Labute approximate surface area is 164 Å². The molecule has 2 aliphatic rings. The van der Waals surface area contributed by atoms with Crippen LogP contribution in [0.1, 0.15) is 30.7 Å². The molecule has 2 unspecified atom stereocenters. The fourth-order valence-electron chi connectivity index (χ4n) is 3.99. The number of rotatable bonds is 5. The topological polar surface area (TPSA) is 71.5 Å². The van der Waals surface area contributed by atoms with Gasteiger partial charge in [-0.05, 0) is 42.7 Å². The summed E-state index contributed by atoms with van der Waals surface area (Å²) in [5, 5.41) is 3.43. The Balaban J connectivity index is 1.46. The number of pyridine rings is 1. The number of benzene rings is 1. The number of sulfonamides is 1. The van der Waals surface area contributed by atoms with Crippen molar-refractivity contribution < 1.29 is 17.5 Å². The van der Waals surface area contributed by atoms with E-state index in [-0.39, 0.29) is 16.8 Å². The van der Waals surface area contributed by atoms with Crippen molar-refractivity contribution in [3.63, 3.8) is 0 Å². The van der Waals surface area contributed by atoms with Crippen LogP contribution in [0.4, 0.5) is 10.2 Å². The molecule has 2 atom stereocenters. The van der Waals surface area contributed by atoms with Crippen molar-refractivity contribution in [3.8, 4) is 0 Å². The average Bonchev–Trinajstić information content (AvgIpc) is 3.18. The van der Waals surface area contributed by atoms with E-state index in [0.717, 1.165) is 24.8 Å². The van der Waals surface area contributed by atoms with Gasteiger partial charge in [0.2, 0.25) is 10.0 Å². The molecule has 4 rings (SSSR count). The van der Waals surface area contributed by atoms with Crippen LogP contribution >= 0.6 is 0 Å². The smallest absolute Gasteiger partial charge is 0.244 e. The molecule has 1 aliphatic heterocycles. The third kappa shape index (κ3) is 4.04. The number of hydrogen-bond donors (Lipinski definition) is 1. The van der Waals surface area contributed by atoms with Crippen molar-refractivity contribution in [2.45, 2.75) is 36.1 Å². The number of halogens is 1. The van der Waals surface area contributed by atoms with E-state index >= 15 is 0 Å². The molecule has 8 heteroatoms. The standard InChI is InChI=1S/C20H24FN3O3S/c21-16-6-4-15(5-7-16)18-2-1-3-19(18)23-20-9-8-17(14-22-20)28(25,26)24-10-12-27-13-11-24/h4-9,14,18-19H,1-3,10-13H2,(H,22,23). The van der Waals surface area contributed by atoms with Crippen LogP contribution in [0, 0.1) is 5.82 Å². The molecule has 2 heterocycles. The Bertz CT molecular complexity index is 897. The summed E-state index contributed by atoms with van der Waals surface area (Å²) in [6.45, 7) is 1.56. The molecule has 1 aromatic carbocycles. The van der Waals surface area contributed by atoms with Gasteiger partial charge in [0.1, 0.15) is 16.5 Å². The first-order valence-corrected chi connectivity index (χ1v) is 11.0. The zero-order valence-corrected chi connectivity index (χ0v) is 16.4. The van der Waals surface area contributed by atoms with Crippen molar-refractivity contribution >= 4 is 15.8 Å². The Morgan fingerprint density at radius 2 is 1.82 bits per heavy atom. The average molecular weight is 405 g/mol. The van der Waals surface area contributed by atoms with E-state index in [1.54, 1.807) is 12.1 Å². The van der Waals surface area contributed by atoms with Gasteiger partial charge < -0.3 is 10.1 Å². The summed E-state index contributed by atoms with van der Waals surface area (Å²) in [5.74, 6) is 0.712. The molecule has 150 valence electrons. The monoisotopic (exact) mass is 405 g/mol. The molecule has 28 heavy (non-hydrogen) atoms. The van der Waals surface area contributed by atoms with Crippen LogP contribution < -0.4 is 5.32 Å². The minimum absolute atomic E-state index is 0.194. The minimum Gasteiger partial charge on any atom is -0.379 e. The highest BCUT2D eigenvalue weighted by Crippen LogP contribution is 2.36. The maximum Gasteiger partial charge on any atom is 0.244 e. The maximum atomic E-state index is 13.2. The van der Waals surface area contributed by atoms with Gasteiger partial charge in [-0.15, -0.1) is 0 Å². The highest BCUT2D eigenvalue weighted by Gasteiger charge is 2.30. The maximum absolute atomic E-state index is 13.2. The third-order valence-corrected chi connectivity index (χ3v) is 7.37. The number of anilines is 1. The molecule has 0 bridgehead atoms. The second-order valence-corrected chi connectivity index (χ2v) is 9.17. The summed E-state index contributed by atoms with van der Waals surface area (Å²) in [5.41, 5.74) is 1.11. The molecule has 2 fully saturated rings. The molecule has 1 N–H and O–H groups in total. The van der Waals surface area contributed by atoms with Gasteiger partial charge in [0.15, 0.2) is 0 Å². The van der Waals surface area contributed by atoms with E-state index in [4.69, 9.17) is 4.74 Å². The summed E-state index contributed by atoms with van der Waals surface area (Å²) >= 11 is 0. The summed E-state index contributed by atoms with van der Waals surface area (Å²) in [6.07, 6.45) is 4.53. The van der Waals surface area contributed by atoms with Gasteiger partial charge in [-0.3, -0.25) is 0 Å². The summed E-state index contributed by atoms with van der Waals surface area (Å²) in [7, 11) is -3.54. The second-order valence-electron chi connectivity index (χ2n) is 7.24. The number of nitrogens with one attached hydrogen (secondary N) is 1. The van der Waals surface area contributed by atoms with Crippen LogP contribution in [0.3, 0.4) is 0 Å². The first-order chi connectivity index (χ1) is 13.5. The van der Waals surface area contributed by atoms with Crippen LogP contribution in [-0.4, -0.2) is 50.1 Å². The predicted molar refractivity (Wildman–Crippen MR) is 104 cm³/mol. The van der Waals surface area contributed by atoms with E-state index in [1.165, 1.54) is 22.6 Å². The SMILES string of the molecule is O=S(=O)(c1ccc(NC2CCCC2c2ccc(F)cc2)nc1)N1CCOCC1. The summed E-state index contributed by atoms with van der Waals surface area (Å²) in [4.78, 5) is 4.53. The predicted octanol–water partition coefficient (Wildman–Crippen LogP) is 2.99. The first kappa shape index (κ1) is 19.3. The molecule has 1 saturated heterocycles. The van der Waals surface area contributed by atoms with Gasteiger partial charge in [-0.1, -0.05) is 18.6 Å². The van der Waals surface area contributed by atoms with Crippen molar-refractivity contribution in [2.75, 3.05) is 31.6 Å².